The molecule has 0 aliphatic carbocycles. The van der Waals surface area contributed by atoms with Crippen LogP contribution >= 0.6 is 0 Å². The molecule has 0 N–H and O–H groups in total. The van der Waals surface area contributed by atoms with Crippen LogP contribution in [-0.4, -0.2) is 30.6 Å². The summed E-state index contributed by atoms with van der Waals surface area (Å²) in [5, 5.41) is 11.1. The Balaban J connectivity index is 3.29. The van der Waals surface area contributed by atoms with E-state index >= 15 is 0 Å². The lowest BCUT2D eigenvalue weighted by Crippen LogP contribution is -2.18. The van der Waals surface area contributed by atoms with E-state index in [1.54, 1.807) is 6.92 Å². The van der Waals surface area contributed by atoms with Crippen molar-refractivity contribution in [2.24, 2.45) is 0 Å². The van der Waals surface area contributed by atoms with Gasteiger partial charge < -0.3 is 14.2 Å². The van der Waals surface area contributed by atoms with Gasteiger partial charge in [0.25, 0.3) is 0 Å². The molecule has 1 unspecified atom stereocenters. The van der Waals surface area contributed by atoms with Crippen LogP contribution in [0.1, 0.15) is 25.5 Å². The third-order valence-corrected chi connectivity index (χ3v) is 2.84. The SMILES string of the molecule is C=C(C(=O)OCC)C(OC(C)=O)c1ccc(OC)c([N+](=O)[O-])c1. The fourth-order valence-corrected chi connectivity index (χ4v) is 1.85. The molecule has 1 rings (SSSR count). The highest BCUT2D eigenvalue weighted by atomic mass is 16.6. The first kappa shape index (κ1) is 18.1. The summed E-state index contributed by atoms with van der Waals surface area (Å²) < 4.78 is 14.8. The van der Waals surface area contributed by atoms with Crippen LogP contribution in [-0.2, 0) is 19.1 Å². The molecule has 0 aliphatic heterocycles. The number of esters is 2. The molecule has 0 fully saturated rings. The standard InChI is InChI=1S/C15H17NO7/c1-5-22-15(18)9(2)14(23-10(3)17)11-6-7-13(21-4)12(8-11)16(19)20/h6-8,14H,2,5H2,1,3-4H3. The molecule has 0 heterocycles. The molecule has 1 aromatic rings. The average molecular weight is 323 g/mol. The first-order chi connectivity index (χ1) is 10.8. The van der Waals surface area contributed by atoms with Crippen molar-refractivity contribution < 1.29 is 28.7 Å². The Hall–Kier alpha value is -2.90. The molecule has 0 bridgehead atoms. The Bertz CT molecular complexity index is 639. The van der Waals surface area contributed by atoms with E-state index in [9.17, 15) is 19.7 Å². The predicted octanol–water partition coefficient (Wildman–Crippen LogP) is 2.33. The zero-order valence-corrected chi connectivity index (χ0v) is 13.0. The normalized spacial score (nSPS) is 11.3. The number of nitro benzene ring substituents is 1. The molecule has 0 saturated heterocycles. The number of hydrogen-bond donors (Lipinski definition) is 0. The van der Waals surface area contributed by atoms with Gasteiger partial charge in [-0.15, -0.1) is 0 Å². The minimum Gasteiger partial charge on any atom is -0.490 e. The van der Waals surface area contributed by atoms with E-state index in [4.69, 9.17) is 14.2 Å². The van der Waals surface area contributed by atoms with Crippen molar-refractivity contribution in [3.05, 3.63) is 46.0 Å². The predicted molar refractivity (Wildman–Crippen MR) is 79.9 cm³/mol. The van der Waals surface area contributed by atoms with E-state index in [0.717, 1.165) is 13.0 Å². The van der Waals surface area contributed by atoms with Crippen LogP contribution in [0.4, 0.5) is 5.69 Å². The number of benzene rings is 1. The van der Waals surface area contributed by atoms with E-state index in [1.165, 1.54) is 19.2 Å². The Morgan fingerprint density at radius 2 is 2.04 bits per heavy atom. The van der Waals surface area contributed by atoms with E-state index in [0.29, 0.717) is 0 Å². The van der Waals surface area contributed by atoms with Crippen molar-refractivity contribution in [1.82, 2.24) is 0 Å². The number of nitro groups is 1. The number of methoxy groups -OCH3 is 1. The largest absolute Gasteiger partial charge is 0.490 e. The number of rotatable bonds is 7. The van der Waals surface area contributed by atoms with E-state index in [2.05, 4.69) is 6.58 Å². The highest BCUT2D eigenvalue weighted by Gasteiger charge is 2.27. The molecular formula is C15H17NO7. The summed E-state index contributed by atoms with van der Waals surface area (Å²) in [6, 6.07) is 3.96. The molecule has 23 heavy (non-hydrogen) atoms. The molecule has 0 radical (unpaired) electrons. The van der Waals surface area contributed by atoms with Gasteiger partial charge in [0, 0.05) is 18.6 Å². The van der Waals surface area contributed by atoms with Crippen LogP contribution < -0.4 is 4.74 Å². The van der Waals surface area contributed by atoms with Crippen LogP contribution in [0.5, 0.6) is 5.75 Å². The van der Waals surface area contributed by atoms with Crippen molar-refractivity contribution in [3.8, 4) is 5.75 Å². The zero-order valence-electron chi connectivity index (χ0n) is 13.0. The topological polar surface area (TPSA) is 105 Å². The molecule has 0 aliphatic rings. The smallest absolute Gasteiger partial charge is 0.337 e. The lowest BCUT2D eigenvalue weighted by atomic mass is 10.0. The second-order valence-corrected chi connectivity index (χ2v) is 4.42. The first-order valence-electron chi connectivity index (χ1n) is 6.67. The van der Waals surface area contributed by atoms with Crippen LogP contribution in [0, 0.1) is 10.1 Å². The van der Waals surface area contributed by atoms with Gasteiger partial charge in [-0.2, -0.15) is 0 Å². The molecule has 1 atom stereocenters. The van der Waals surface area contributed by atoms with E-state index < -0.39 is 23.0 Å². The van der Waals surface area contributed by atoms with Gasteiger partial charge in [-0.05, 0) is 13.0 Å². The van der Waals surface area contributed by atoms with Crippen molar-refractivity contribution in [2.75, 3.05) is 13.7 Å². The minimum atomic E-state index is -1.18. The Morgan fingerprint density at radius 3 is 2.52 bits per heavy atom. The molecule has 8 nitrogen and oxygen atoms in total. The number of ether oxygens (including phenoxy) is 3. The molecule has 0 saturated carbocycles. The van der Waals surface area contributed by atoms with E-state index in [1.807, 2.05) is 0 Å². The Kier molecular flexibility index (Phi) is 6.25. The zero-order chi connectivity index (χ0) is 17.6. The first-order valence-corrected chi connectivity index (χ1v) is 6.67. The van der Waals surface area contributed by atoms with Crippen LogP contribution in [0.25, 0.3) is 0 Å². The van der Waals surface area contributed by atoms with Crippen molar-refractivity contribution in [3.63, 3.8) is 0 Å². The van der Waals surface area contributed by atoms with Gasteiger partial charge in [-0.1, -0.05) is 12.6 Å². The van der Waals surface area contributed by atoms with Crippen molar-refractivity contribution >= 4 is 17.6 Å². The highest BCUT2D eigenvalue weighted by molar-refractivity contribution is 5.89. The monoisotopic (exact) mass is 323 g/mol. The van der Waals surface area contributed by atoms with Gasteiger partial charge in [0.05, 0.1) is 24.2 Å². The maximum atomic E-state index is 11.8. The summed E-state index contributed by atoms with van der Waals surface area (Å²) in [7, 11) is 1.29. The summed E-state index contributed by atoms with van der Waals surface area (Å²) in [4.78, 5) is 33.5. The second kappa shape index (κ2) is 7.92. The van der Waals surface area contributed by atoms with E-state index in [-0.39, 0.29) is 29.2 Å². The van der Waals surface area contributed by atoms with Crippen LogP contribution in [0.2, 0.25) is 0 Å². The van der Waals surface area contributed by atoms with Gasteiger partial charge >= 0.3 is 17.6 Å². The molecular weight excluding hydrogens is 306 g/mol. The van der Waals surface area contributed by atoms with Gasteiger partial charge in [-0.3, -0.25) is 14.9 Å². The highest BCUT2D eigenvalue weighted by Crippen LogP contribution is 2.33. The number of hydrogen-bond acceptors (Lipinski definition) is 7. The number of carbonyl (C=O) groups excluding carboxylic acids is 2. The number of nitrogens with zero attached hydrogens (tertiary/aromatic N) is 1. The number of carbonyl (C=O) groups is 2. The fourth-order valence-electron chi connectivity index (χ4n) is 1.85. The summed E-state index contributed by atoms with van der Waals surface area (Å²) in [6.45, 7) is 6.46. The minimum absolute atomic E-state index is 0.0436. The lowest BCUT2D eigenvalue weighted by Gasteiger charge is -2.19. The molecule has 1 aromatic carbocycles. The van der Waals surface area contributed by atoms with Gasteiger partial charge in [0.2, 0.25) is 0 Å². The maximum absolute atomic E-state index is 11.8. The third kappa shape index (κ3) is 4.53. The fraction of sp³-hybridized carbons (Fsp3) is 0.333. The Morgan fingerprint density at radius 1 is 1.39 bits per heavy atom. The van der Waals surface area contributed by atoms with Crippen LogP contribution in [0.15, 0.2) is 30.4 Å². The summed E-state index contributed by atoms with van der Waals surface area (Å²) in [5.41, 5.74) is -0.244. The second-order valence-electron chi connectivity index (χ2n) is 4.42. The molecule has 0 amide bonds. The van der Waals surface area contributed by atoms with Crippen molar-refractivity contribution in [2.45, 2.75) is 20.0 Å². The average Bonchev–Trinajstić information content (AvgIpc) is 2.51. The van der Waals surface area contributed by atoms with Gasteiger partial charge in [-0.25, -0.2) is 4.79 Å². The lowest BCUT2D eigenvalue weighted by molar-refractivity contribution is -0.385. The molecule has 124 valence electrons. The Labute approximate surface area is 132 Å². The third-order valence-electron chi connectivity index (χ3n) is 2.84. The van der Waals surface area contributed by atoms with Crippen LogP contribution in [0.3, 0.4) is 0 Å². The summed E-state index contributed by atoms with van der Waals surface area (Å²) in [6.07, 6.45) is -1.18. The maximum Gasteiger partial charge on any atom is 0.337 e. The quantitative estimate of drug-likeness (QED) is 0.328. The molecule has 8 heteroatoms. The van der Waals surface area contributed by atoms with Gasteiger partial charge in [0.15, 0.2) is 11.9 Å². The van der Waals surface area contributed by atoms with Crippen molar-refractivity contribution in [1.29, 1.82) is 0 Å². The summed E-state index contributed by atoms with van der Waals surface area (Å²) in [5.74, 6) is -1.38. The van der Waals surface area contributed by atoms with Gasteiger partial charge in [0.1, 0.15) is 0 Å². The molecule has 0 spiro atoms. The molecule has 0 aromatic heterocycles. The summed E-state index contributed by atoms with van der Waals surface area (Å²) >= 11 is 0.